The van der Waals surface area contributed by atoms with E-state index >= 15 is 0 Å². The maximum Gasteiger partial charge on any atom is 0.182 e. The molecule has 1 aromatic carbocycles. The number of para-hydroxylation sites is 1. The second-order valence-electron chi connectivity index (χ2n) is 4.38. The third kappa shape index (κ3) is 2.62. The third-order valence-electron chi connectivity index (χ3n) is 3.11. The second kappa shape index (κ2) is 5.42. The number of rotatable bonds is 5. The summed E-state index contributed by atoms with van der Waals surface area (Å²) in [5.41, 5.74) is 9.01. The van der Waals surface area contributed by atoms with Gasteiger partial charge in [-0.05, 0) is 18.1 Å². The zero-order valence-corrected chi connectivity index (χ0v) is 11.3. The van der Waals surface area contributed by atoms with Crippen LogP contribution in [-0.4, -0.2) is 16.5 Å². The van der Waals surface area contributed by atoms with Gasteiger partial charge in [0.15, 0.2) is 5.13 Å². The molecule has 0 atom stereocenters. The van der Waals surface area contributed by atoms with Crippen LogP contribution < -0.4 is 11.1 Å². The maximum absolute atomic E-state index is 5.54. The number of fused-ring (bicyclic) bond motifs is 1. The summed E-state index contributed by atoms with van der Waals surface area (Å²) in [7, 11) is 0. The number of aromatic nitrogens is 2. The highest BCUT2D eigenvalue weighted by molar-refractivity contribution is 7.13. The van der Waals surface area contributed by atoms with Crippen LogP contribution in [0.3, 0.4) is 0 Å². The normalized spacial score (nSPS) is 11.0. The van der Waals surface area contributed by atoms with Crippen molar-refractivity contribution >= 4 is 27.4 Å². The Hall–Kier alpha value is -1.85. The molecule has 2 aromatic heterocycles. The van der Waals surface area contributed by atoms with E-state index in [4.69, 9.17) is 5.73 Å². The maximum atomic E-state index is 5.54. The molecule has 3 aromatic rings. The topological polar surface area (TPSA) is 66.7 Å². The van der Waals surface area contributed by atoms with Crippen LogP contribution in [0.2, 0.25) is 0 Å². The van der Waals surface area contributed by atoms with Gasteiger partial charge in [0.05, 0.1) is 5.69 Å². The molecule has 98 valence electrons. The van der Waals surface area contributed by atoms with E-state index in [0.717, 1.165) is 23.8 Å². The number of H-pyrrole nitrogens is 1. The van der Waals surface area contributed by atoms with Gasteiger partial charge in [0.25, 0.3) is 0 Å². The molecule has 0 aliphatic rings. The predicted octanol–water partition coefficient (Wildman–Crippen LogP) is 2.74. The average molecular weight is 272 g/mol. The number of nitrogens with one attached hydrogen (secondary N) is 2. The quantitative estimate of drug-likeness (QED) is 0.669. The molecule has 0 aliphatic heterocycles. The molecular formula is C14H16N4S. The first-order valence-electron chi connectivity index (χ1n) is 6.30. The number of anilines is 1. The molecule has 3 rings (SSSR count). The molecule has 0 unspecified atom stereocenters. The van der Waals surface area contributed by atoms with Gasteiger partial charge in [-0.2, -0.15) is 0 Å². The standard InChI is InChI=1S/C14H16N4S/c15-7-11-9-19-14(18-11)16-6-5-10-8-17-13-4-2-1-3-12(10)13/h1-4,8-9,17H,5-7,15H2,(H,16,18). The highest BCUT2D eigenvalue weighted by Crippen LogP contribution is 2.19. The second-order valence-corrected chi connectivity index (χ2v) is 5.24. The lowest BCUT2D eigenvalue weighted by atomic mass is 10.1. The summed E-state index contributed by atoms with van der Waals surface area (Å²) in [6.07, 6.45) is 3.06. The lowest BCUT2D eigenvalue weighted by Gasteiger charge is -2.01. The molecule has 2 heterocycles. The molecule has 0 radical (unpaired) electrons. The van der Waals surface area contributed by atoms with Gasteiger partial charge in [-0.3, -0.25) is 0 Å². The van der Waals surface area contributed by atoms with Crippen molar-refractivity contribution in [2.75, 3.05) is 11.9 Å². The van der Waals surface area contributed by atoms with Gasteiger partial charge in [0.2, 0.25) is 0 Å². The SMILES string of the molecule is NCc1csc(NCCc2c[nH]c3ccccc23)n1. The van der Waals surface area contributed by atoms with Crippen molar-refractivity contribution in [1.29, 1.82) is 0 Å². The van der Waals surface area contributed by atoms with Crippen molar-refractivity contribution in [2.45, 2.75) is 13.0 Å². The fourth-order valence-corrected chi connectivity index (χ4v) is 2.88. The summed E-state index contributed by atoms with van der Waals surface area (Å²) in [6, 6.07) is 8.37. The van der Waals surface area contributed by atoms with Crippen molar-refractivity contribution in [3.63, 3.8) is 0 Å². The number of thiazole rings is 1. The molecule has 0 bridgehead atoms. The largest absolute Gasteiger partial charge is 0.361 e. The fraction of sp³-hybridized carbons (Fsp3) is 0.214. The highest BCUT2D eigenvalue weighted by atomic mass is 32.1. The minimum absolute atomic E-state index is 0.501. The van der Waals surface area contributed by atoms with Crippen LogP contribution in [0.5, 0.6) is 0 Å². The number of benzene rings is 1. The lowest BCUT2D eigenvalue weighted by molar-refractivity contribution is 0.989. The Morgan fingerprint density at radius 2 is 2.21 bits per heavy atom. The number of nitrogens with two attached hydrogens (primary N) is 1. The van der Waals surface area contributed by atoms with Crippen LogP contribution in [0.25, 0.3) is 10.9 Å². The Kier molecular flexibility index (Phi) is 3.48. The van der Waals surface area contributed by atoms with Crippen LogP contribution in [0.4, 0.5) is 5.13 Å². The van der Waals surface area contributed by atoms with E-state index < -0.39 is 0 Å². The smallest absolute Gasteiger partial charge is 0.182 e. The summed E-state index contributed by atoms with van der Waals surface area (Å²) < 4.78 is 0. The van der Waals surface area contributed by atoms with Crippen LogP contribution in [0.1, 0.15) is 11.3 Å². The summed E-state index contributed by atoms with van der Waals surface area (Å²) in [4.78, 5) is 7.68. The van der Waals surface area contributed by atoms with Gasteiger partial charge in [0, 0.05) is 35.6 Å². The molecule has 19 heavy (non-hydrogen) atoms. The first-order valence-corrected chi connectivity index (χ1v) is 7.18. The van der Waals surface area contributed by atoms with E-state index in [1.54, 1.807) is 11.3 Å². The van der Waals surface area contributed by atoms with Crippen molar-refractivity contribution in [3.8, 4) is 0 Å². The number of nitrogens with zero attached hydrogens (tertiary/aromatic N) is 1. The zero-order valence-electron chi connectivity index (χ0n) is 10.5. The molecule has 0 fully saturated rings. The van der Waals surface area contributed by atoms with Gasteiger partial charge in [-0.1, -0.05) is 18.2 Å². The van der Waals surface area contributed by atoms with E-state index in [9.17, 15) is 0 Å². The first-order chi connectivity index (χ1) is 9.36. The number of hydrogen-bond acceptors (Lipinski definition) is 4. The summed E-state index contributed by atoms with van der Waals surface area (Å²) in [6.45, 7) is 1.38. The minimum Gasteiger partial charge on any atom is -0.361 e. The molecule has 0 aliphatic carbocycles. The molecule has 0 saturated carbocycles. The van der Waals surface area contributed by atoms with Gasteiger partial charge < -0.3 is 16.0 Å². The lowest BCUT2D eigenvalue weighted by Crippen LogP contribution is -2.05. The molecule has 4 nitrogen and oxygen atoms in total. The Balaban J connectivity index is 1.63. The first kappa shape index (κ1) is 12.2. The Morgan fingerprint density at radius 3 is 3.05 bits per heavy atom. The van der Waals surface area contributed by atoms with Crippen LogP contribution >= 0.6 is 11.3 Å². The van der Waals surface area contributed by atoms with E-state index in [0.29, 0.717) is 6.54 Å². The van der Waals surface area contributed by atoms with Gasteiger partial charge >= 0.3 is 0 Å². The van der Waals surface area contributed by atoms with E-state index in [1.165, 1.54) is 16.5 Å². The fourth-order valence-electron chi connectivity index (χ4n) is 2.12. The molecule has 4 N–H and O–H groups in total. The molecular weight excluding hydrogens is 256 g/mol. The van der Waals surface area contributed by atoms with Crippen molar-refractivity contribution in [1.82, 2.24) is 9.97 Å². The van der Waals surface area contributed by atoms with Crippen LogP contribution in [-0.2, 0) is 13.0 Å². The summed E-state index contributed by atoms with van der Waals surface area (Å²) >= 11 is 1.60. The number of aromatic amines is 1. The summed E-state index contributed by atoms with van der Waals surface area (Å²) in [5.74, 6) is 0. The van der Waals surface area contributed by atoms with E-state index in [2.05, 4.69) is 39.7 Å². The van der Waals surface area contributed by atoms with E-state index in [-0.39, 0.29) is 0 Å². The number of hydrogen-bond donors (Lipinski definition) is 3. The third-order valence-corrected chi connectivity index (χ3v) is 3.96. The highest BCUT2D eigenvalue weighted by Gasteiger charge is 2.03. The van der Waals surface area contributed by atoms with Crippen LogP contribution in [0.15, 0.2) is 35.8 Å². The Bertz CT molecular complexity index is 671. The summed E-state index contributed by atoms with van der Waals surface area (Å²) in [5, 5.41) is 7.58. The van der Waals surface area contributed by atoms with Crippen molar-refractivity contribution in [2.24, 2.45) is 5.73 Å². The van der Waals surface area contributed by atoms with Crippen molar-refractivity contribution in [3.05, 3.63) is 47.1 Å². The molecule has 0 amide bonds. The Labute approximate surface area is 115 Å². The van der Waals surface area contributed by atoms with Crippen molar-refractivity contribution < 1.29 is 0 Å². The molecule has 5 heteroatoms. The Morgan fingerprint density at radius 1 is 1.32 bits per heavy atom. The van der Waals surface area contributed by atoms with Gasteiger partial charge in [0.1, 0.15) is 0 Å². The van der Waals surface area contributed by atoms with E-state index in [1.807, 2.05) is 11.4 Å². The minimum atomic E-state index is 0.501. The average Bonchev–Trinajstić information content (AvgIpc) is 3.06. The van der Waals surface area contributed by atoms with Crippen LogP contribution in [0, 0.1) is 0 Å². The van der Waals surface area contributed by atoms with Gasteiger partial charge in [-0.25, -0.2) is 4.98 Å². The zero-order chi connectivity index (χ0) is 13.1. The predicted molar refractivity (Wildman–Crippen MR) is 80.5 cm³/mol. The molecule has 0 saturated heterocycles. The monoisotopic (exact) mass is 272 g/mol. The van der Waals surface area contributed by atoms with Gasteiger partial charge in [-0.15, -0.1) is 11.3 Å². The molecule has 0 spiro atoms.